The molecule has 0 spiro atoms. The fraction of sp³-hybridized carbons (Fsp3) is 0.348. The molecule has 0 N–H and O–H groups in total. The Morgan fingerprint density at radius 2 is 1.65 bits per heavy atom. The molecule has 2 aliphatic rings. The smallest absolute Gasteiger partial charge is 0.338 e. The number of nitrogens with zero attached hydrogens (tertiary/aromatic N) is 2. The molecular weight excluding hydrogens is 400 g/mol. The number of imide groups is 1. The number of hydrogen-bond acceptors (Lipinski definition) is 6. The van der Waals surface area contributed by atoms with Crippen LogP contribution in [-0.2, 0) is 4.74 Å². The number of rotatable bonds is 4. The second-order valence-corrected chi connectivity index (χ2v) is 8.64. The van der Waals surface area contributed by atoms with Gasteiger partial charge in [0, 0.05) is 24.6 Å². The minimum Gasteiger partial charge on any atom is -0.459 e. The molecule has 1 aliphatic heterocycles. The minimum absolute atomic E-state index is 0.110. The highest BCUT2D eigenvalue weighted by Crippen LogP contribution is 2.42. The van der Waals surface area contributed by atoms with E-state index >= 15 is 0 Å². The van der Waals surface area contributed by atoms with Crippen LogP contribution in [0.2, 0.25) is 0 Å². The van der Waals surface area contributed by atoms with Crippen LogP contribution >= 0.6 is 0 Å². The van der Waals surface area contributed by atoms with Crippen LogP contribution in [0.5, 0.6) is 0 Å². The summed E-state index contributed by atoms with van der Waals surface area (Å²) in [5.74, 6) is -1.22. The molecule has 1 heterocycles. The van der Waals surface area contributed by atoms with E-state index in [2.05, 4.69) is 0 Å². The summed E-state index contributed by atoms with van der Waals surface area (Å²) in [4.78, 5) is 50.1. The molecule has 31 heavy (non-hydrogen) atoms. The first-order valence-corrected chi connectivity index (χ1v) is 10.1. The number of nitro groups is 1. The SMILES string of the molecule is CC1(C)CC[C@H](OC(=O)c2ccc([N+](=O)[O-])cc2)C[C@H]1N1C(=O)c2ccccc2C1=O. The van der Waals surface area contributed by atoms with Gasteiger partial charge in [0.1, 0.15) is 6.10 Å². The highest BCUT2D eigenvalue weighted by Gasteiger charge is 2.48. The maximum absolute atomic E-state index is 13.0. The third-order valence-corrected chi connectivity index (χ3v) is 6.22. The first kappa shape index (κ1) is 20.7. The Morgan fingerprint density at radius 3 is 2.19 bits per heavy atom. The van der Waals surface area contributed by atoms with Crippen molar-refractivity contribution < 1.29 is 24.0 Å². The number of nitro benzene ring substituents is 1. The molecule has 0 saturated heterocycles. The minimum atomic E-state index is -0.583. The van der Waals surface area contributed by atoms with E-state index in [-0.39, 0.29) is 28.5 Å². The van der Waals surface area contributed by atoms with Crippen molar-refractivity contribution in [2.75, 3.05) is 0 Å². The second-order valence-electron chi connectivity index (χ2n) is 8.64. The van der Waals surface area contributed by atoms with Crippen LogP contribution in [0.15, 0.2) is 48.5 Å². The lowest BCUT2D eigenvalue weighted by Gasteiger charge is -2.45. The van der Waals surface area contributed by atoms with Crippen LogP contribution in [0.3, 0.4) is 0 Å². The number of carbonyl (C=O) groups excluding carboxylic acids is 3. The van der Waals surface area contributed by atoms with Gasteiger partial charge in [-0.15, -0.1) is 0 Å². The maximum Gasteiger partial charge on any atom is 0.338 e. The van der Waals surface area contributed by atoms with Crippen LogP contribution in [0, 0.1) is 15.5 Å². The Balaban J connectivity index is 1.51. The summed E-state index contributed by atoms with van der Waals surface area (Å²) in [6.45, 7) is 4.02. The number of carbonyl (C=O) groups is 3. The molecule has 0 unspecified atom stereocenters. The number of amides is 2. The molecule has 160 valence electrons. The molecule has 0 aromatic heterocycles. The molecule has 2 amide bonds. The van der Waals surface area contributed by atoms with Gasteiger partial charge in [-0.1, -0.05) is 26.0 Å². The number of non-ortho nitro benzene ring substituents is 1. The zero-order chi connectivity index (χ0) is 22.3. The number of ether oxygens (including phenoxy) is 1. The van der Waals surface area contributed by atoms with Crippen molar-refractivity contribution in [2.45, 2.75) is 45.3 Å². The Hall–Kier alpha value is -3.55. The summed E-state index contributed by atoms with van der Waals surface area (Å²) in [7, 11) is 0. The van der Waals surface area contributed by atoms with E-state index in [4.69, 9.17) is 4.74 Å². The van der Waals surface area contributed by atoms with Crippen molar-refractivity contribution >= 4 is 23.5 Å². The second kappa shape index (κ2) is 7.61. The lowest BCUT2D eigenvalue weighted by atomic mass is 9.71. The third-order valence-electron chi connectivity index (χ3n) is 6.22. The summed E-state index contributed by atoms with van der Waals surface area (Å²) in [6.07, 6.45) is 1.15. The summed E-state index contributed by atoms with van der Waals surface area (Å²) in [5.41, 5.74) is 0.569. The van der Waals surface area contributed by atoms with E-state index in [9.17, 15) is 24.5 Å². The predicted octanol–water partition coefficient (Wildman–Crippen LogP) is 4.00. The van der Waals surface area contributed by atoms with Crippen molar-refractivity contribution in [2.24, 2.45) is 5.41 Å². The molecule has 2 aromatic carbocycles. The maximum atomic E-state index is 13.0. The van der Waals surface area contributed by atoms with Gasteiger partial charge in [-0.05, 0) is 42.5 Å². The molecule has 2 atom stereocenters. The number of hydrogen-bond donors (Lipinski definition) is 0. The standard InChI is InChI=1S/C23H22N2O6/c1-23(2)12-11-16(31-22(28)14-7-9-15(10-8-14)25(29)30)13-19(23)24-20(26)17-5-3-4-6-18(17)21(24)27/h3-10,16,19H,11-13H2,1-2H3/t16-,19+/m0/s1. The first-order valence-electron chi connectivity index (χ1n) is 10.1. The molecule has 8 heteroatoms. The van der Waals surface area contributed by atoms with E-state index < -0.39 is 23.0 Å². The Labute approximate surface area is 179 Å². The van der Waals surface area contributed by atoms with Gasteiger partial charge < -0.3 is 4.74 Å². The molecular formula is C23H22N2O6. The van der Waals surface area contributed by atoms with Gasteiger partial charge in [0.25, 0.3) is 17.5 Å². The molecule has 0 radical (unpaired) electrons. The van der Waals surface area contributed by atoms with Gasteiger partial charge in [-0.25, -0.2) is 4.79 Å². The van der Waals surface area contributed by atoms with Crippen LogP contribution in [0.25, 0.3) is 0 Å². The van der Waals surface area contributed by atoms with Crippen molar-refractivity contribution in [1.29, 1.82) is 0 Å². The van der Waals surface area contributed by atoms with Crippen LogP contribution < -0.4 is 0 Å². The van der Waals surface area contributed by atoms with Gasteiger partial charge >= 0.3 is 5.97 Å². The van der Waals surface area contributed by atoms with Crippen LogP contribution in [0.1, 0.15) is 64.2 Å². The quantitative estimate of drug-likeness (QED) is 0.319. The first-order chi connectivity index (χ1) is 14.7. The zero-order valence-corrected chi connectivity index (χ0v) is 17.2. The lowest BCUT2D eigenvalue weighted by Crippen LogP contribution is -2.52. The molecule has 1 saturated carbocycles. The van der Waals surface area contributed by atoms with Gasteiger partial charge in [0.05, 0.1) is 21.6 Å². The third kappa shape index (κ3) is 3.69. The fourth-order valence-electron chi connectivity index (χ4n) is 4.38. The van der Waals surface area contributed by atoms with E-state index in [1.54, 1.807) is 24.3 Å². The van der Waals surface area contributed by atoms with Gasteiger partial charge in [-0.3, -0.25) is 24.6 Å². The van der Waals surface area contributed by atoms with Gasteiger partial charge in [-0.2, -0.15) is 0 Å². The molecule has 8 nitrogen and oxygen atoms in total. The number of fused-ring (bicyclic) bond motifs is 1. The van der Waals surface area contributed by atoms with Crippen LogP contribution in [0.4, 0.5) is 5.69 Å². The summed E-state index contributed by atoms with van der Waals surface area (Å²) in [6, 6.07) is 11.6. The summed E-state index contributed by atoms with van der Waals surface area (Å²) < 4.78 is 5.65. The number of esters is 1. The Kier molecular flexibility index (Phi) is 5.08. The number of benzene rings is 2. The van der Waals surface area contributed by atoms with E-state index in [1.165, 1.54) is 29.2 Å². The average molecular weight is 422 g/mol. The van der Waals surface area contributed by atoms with Crippen molar-refractivity contribution in [3.8, 4) is 0 Å². The monoisotopic (exact) mass is 422 g/mol. The topological polar surface area (TPSA) is 107 Å². The molecule has 4 rings (SSSR count). The zero-order valence-electron chi connectivity index (χ0n) is 17.2. The Morgan fingerprint density at radius 1 is 1.06 bits per heavy atom. The van der Waals surface area contributed by atoms with Gasteiger partial charge in [0.2, 0.25) is 0 Å². The highest BCUT2D eigenvalue weighted by atomic mass is 16.6. The van der Waals surface area contributed by atoms with Crippen molar-refractivity contribution in [3.05, 3.63) is 75.3 Å². The fourth-order valence-corrected chi connectivity index (χ4v) is 4.38. The summed E-state index contributed by atoms with van der Waals surface area (Å²) in [5, 5.41) is 10.8. The molecule has 2 aromatic rings. The summed E-state index contributed by atoms with van der Waals surface area (Å²) >= 11 is 0. The highest BCUT2D eigenvalue weighted by molar-refractivity contribution is 6.21. The van der Waals surface area contributed by atoms with Gasteiger partial charge in [0.15, 0.2) is 0 Å². The van der Waals surface area contributed by atoms with Crippen molar-refractivity contribution in [3.63, 3.8) is 0 Å². The van der Waals surface area contributed by atoms with E-state index in [0.717, 1.165) is 0 Å². The predicted molar refractivity (Wildman–Crippen MR) is 111 cm³/mol. The largest absolute Gasteiger partial charge is 0.459 e. The van der Waals surface area contributed by atoms with E-state index in [0.29, 0.717) is 30.4 Å². The molecule has 1 aliphatic carbocycles. The Bertz CT molecular complexity index is 1040. The van der Waals surface area contributed by atoms with E-state index in [1.807, 2.05) is 13.8 Å². The molecule has 1 fully saturated rings. The normalized spacial score (nSPS) is 22.2. The van der Waals surface area contributed by atoms with Crippen molar-refractivity contribution in [1.82, 2.24) is 4.90 Å². The van der Waals surface area contributed by atoms with Crippen LogP contribution in [-0.4, -0.2) is 39.8 Å². The lowest BCUT2D eigenvalue weighted by molar-refractivity contribution is -0.384. The molecule has 0 bridgehead atoms. The average Bonchev–Trinajstić information content (AvgIpc) is 3.00.